The van der Waals surface area contributed by atoms with Crippen LogP contribution in [-0.2, 0) is 9.59 Å². The molecular formula is C6H9N3O2. The van der Waals surface area contributed by atoms with Gasteiger partial charge in [0.25, 0.3) is 5.91 Å². The Labute approximate surface area is 64.6 Å². The van der Waals surface area contributed by atoms with Crippen molar-refractivity contribution in [2.75, 3.05) is 14.1 Å². The Morgan fingerprint density at radius 3 is 2.55 bits per heavy atom. The molecule has 5 heteroatoms. The Morgan fingerprint density at radius 1 is 1.73 bits per heavy atom. The average molecular weight is 155 g/mol. The van der Waals surface area contributed by atoms with E-state index in [1.807, 2.05) is 0 Å². The minimum absolute atomic E-state index is 0.329. The number of likely N-dealkylation sites (N-methyl/N-ethyl adjacent to an activating group) is 1. The molecule has 0 saturated heterocycles. The zero-order chi connectivity index (χ0) is 8.85. The van der Waals surface area contributed by atoms with Crippen molar-refractivity contribution in [3.05, 3.63) is 0 Å². The van der Waals surface area contributed by atoms with E-state index in [1.54, 1.807) is 6.07 Å². The number of nitriles is 1. The molecule has 0 bridgehead atoms. The van der Waals surface area contributed by atoms with Crippen LogP contribution in [0.15, 0.2) is 0 Å². The first-order chi connectivity index (χ1) is 5.13. The number of hydrogen-bond donors (Lipinski definition) is 1. The molecule has 0 fully saturated rings. The van der Waals surface area contributed by atoms with Gasteiger partial charge in [0.15, 0.2) is 6.04 Å². The highest BCUT2D eigenvalue weighted by Crippen LogP contribution is 1.85. The van der Waals surface area contributed by atoms with E-state index in [1.165, 1.54) is 19.0 Å². The van der Waals surface area contributed by atoms with Gasteiger partial charge >= 0.3 is 0 Å². The average Bonchev–Trinajstić information content (AvgIpc) is 1.98. The van der Waals surface area contributed by atoms with Gasteiger partial charge in [-0.2, -0.15) is 5.26 Å². The topological polar surface area (TPSA) is 73.2 Å². The van der Waals surface area contributed by atoms with Crippen LogP contribution < -0.4 is 5.32 Å². The van der Waals surface area contributed by atoms with Gasteiger partial charge in [-0.1, -0.05) is 0 Å². The van der Waals surface area contributed by atoms with E-state index in [9.17, 15) is 9.59 Å². The van der Waals surface area contributed by atoms with Crippen molar-refractivity contribution in [1.29, 1.82) is 5.26 Å². The molecule has 0 aromatic rings. The summed E-state index contributed by atoms with van der Waals surface area (Å²) in [6.07, 6.45) is 0.329. The minimum Gasteiger partial charge on any atom is -0.346 e. The van der Waals surface area contributed by atoms with Crippen LogP contribution in [0.1, 0.15) is 0 Å². The second-order valence-electron chi connectivity index (χ2n) is 2.08. The molecule has 0 aliphatic rings. The van der Waals surface area contributed by atoms with E-state index in [0.29, 0.717) is 6.41 Å². The van der Waals surface area contributed by atoms with Crippen molar-refractivity contribution in [3.8, 4) is 6.07 Å². The second kappa shape index (κ2) is 4.28. The molecule has 0 aliphatic carbocycles. The largest absolute Gasteiger partial charge is 0.346 e. The number of rotatable bonds is 3. The lowest BCUT2D eigenvalue weighted by Gasteiger charge is -2.13. The van der Waals surface area contributed by atoms with Crippen LogP contribution in [0, 0.1) is 11.3 Å². The zero-order valence-corrected chi connectivity index (χ0v) is 6.37. The molecule has 0 rings (SSSR count). The molecule has 0 aromatic carbocycles. The normalized spacial score (nSPS) is 11.0. The van der Waals surface area contributed by atoms with Crippen molar-refractivity contribution in [1.82, 2.24) is 10.2 Å². The maximum atomic E-state index is 10.9. The third kappa shape index (κ3) is 2.67. The van der Waals surface area contributed by atoms with Crippen LogP contribution in [0.25, 0.3) is 0 Å². The molecule has 1 atom stereocenters. The van der Waals surface area contributed by atoms with E-state index in [4.69, 9.17) is 5.26 Å². The van der Waals surface area contributed by atoms with Crippen LogP contribution in [0.4, 0.5) is 0 Å². The van der Waals surface area contributed by atoms with Crippen molar-refractivity contribution in [2.24, 2.45) is 0 Å². The SMILES string of the molecule is CN(C)C(=O)C(C#N)NC=O. The fourth-order valence-corrected chi connectivity index (χ4v) is 0.490. The van der Waals surface area contributed by atoms with E-state index in [-0.39, 0.29) is 0 Å². The summed E-state index contributed by atoms with van der Waals surface area (Å²) in [7, 11) is 3.03. The van der Waals surface area contributed by atoms with Gasteiger partial charge in [-0.3, -0.25) is 9.59 Å². The summed E-state index contributed by atoms with van der Waals surface area (Å²) >= 11 is 0. The third-order valence-corrected chi connectivity index (χ3v) is 1.05. The number of carbonyl (C=O) groups is 2. The van der Waals surface area contributed by atoms with Crippen LogP contribution in [0.3, 0.4) is 0 Å². The lowest BCUT2D eigenvalue weighted by atomic mass is 10.3. The molecule has 0 heterocycles. The highest BCUT2D eigenvalue weighted by atomic mass is 16.2. The van der Waals surface area contributed by atoms with Crippen molar-refractivity contribution < 1.29 is 9.59 Å². The molecule has 11 heavy (non-hydrogen) atoms. The molecule has 5 nitrogen and oxygen atoms in total. The third-order valence-electron chi connectivity index (χ3n) is 1.05. The van der Waals surface area contributed by atoms with Gasteiger partial charge in [-0.25, -0.2) is 0 Å². The van der Waals surface area contributed by atoms with Gasteiger partial charge in [0.1, 0.15) is 0 Å². The van der Waals surface area contributed by atoms with Crippen molar-refractivity contribution in [3.63, 3.8) is 0 Å². The molecule has 0 spiro atoms. The zero-order valence-electron chi connectivity index (χ0n) is 6.37. The predicted octanol–water partition coefficient (Wildman–Crippen LogP) is -1.29. The number of amides is 2. The quantitative estimate of drug-likeness (QED) is 0.515. The fraction of sp³-hybridized carbons (Fsp3) is 0.500. The van der Waals surface area contributed by atoms with Gasteiger partial charge in [0, 0.05) is 14.1 Å². The van der Waals surface area contributed by atoms with E-state index < -0.39 is 11.9 Å². The first-order valence-corrected chi connectivity index (χ1v) is 2.94. The Hall–Kier alpha value is -1.57. The molecule has 0 aliphatic heterocycles. The summed E-state index contributed by atoms with van der Waals surface area (Å²) in [6.45, 7) is 0. The van der Waals surface area contributed by atoms with Gasteiger partial charge in [0.05, 0.1) is 6.07 Å². The molecule has 0 radical (unpaired) electrons. The maximum Gasteiger partial charge on any atom is 0.259 e. The van der Waals surface area contributed by atoms with Gasteiger partial charge in [-0.05, 0) is 0 Å². The number of nitrogens with zero attached hydrogens (tertiary/aromatic N) is 2. The smallest absolute Gasteiger partial charge is 0.259 e. The number of nitrogens with one attached hydrogen (secondary N) is 1. The molecule has 0 saturated carbocycles. The summed E-state index contributed by atoms with van der Waals surface area (Å²) in [5.41, 5.74) is 0. The van der Waals surface area contributed by atoms with Crippen LogP contribution in [0.2, 0.25) is 0 Å². The molecule has 1 N–H and O–H groups in total. The standard InChI is InChI=1S/C6H9N3O2/c1-9(2)6(11)5(3-7)8-4-10/h4-5H,1-2H3,(H,8,10). The predicted molar refractivity (Wildman–Crippen MR) is 37.3 cm³/mol. The summed E-state index contributed by atoms with van der Waals surface area (Å²) in [5, 5.41) is 10.4. The summed E-state index contributed by atoms with van der Waals surface area (Å²) in [5.74, 6) is -0.431. The van der Waals surface area contributed by atoms with Crippen molar-refractivity contribution >= 4 is 12.3 Å². The lowest BCUT2D eigenvalue weighted by Crippen LogP contribution is -2.41. The highest BCUT2D eigenvalue weighted by molar-refractivity contribution is 5.85. The minimum atomic E-state index is -1.07. The number of hydrogen-bond acceptors (Lipinski definition) is 3. The number of carbonyl (C=O) groups excluding carboxylic acids is 2. The van der Waals surface area contributed by atoms with Crippen LogP contribution in [0.5, 0.6) is 0 Å². The molecule has 1 unspecified atom stereocenters. The second-order valence-corrected chi connectivity index (χ2v) is 2.08. The monoisotopic (exact) mass is 155 g/mol. The lowest BCUT2D eigenvalue weighted by molar-refractivity contribution is -0.130. The highest BCUT2D eigenvalue weighted by Gasteiger charge is 2.17. The maximum absolute atomic E-state index is 10.9. The first kappa shape index (κ1) is 9.43. The van der Waals surface area contributed by atoms with E-state index >= 15 is 0 Å². The Morgan fingerprint density at radius 2 is 2.27 bits per heavy atom. The summed E-state index contributed by atoms with van der Waals surface area (Å²) in [6, 6.07) is 0.583. The van der Waals surface area contributed by atoms with Crippen LogP contribution in [-0.4, -0.2) is 37.4 Å². The van der Waals surface area contributed by atoms with Gasteiger partial charge < -0.3 is 10.2 Å². The molecule has 0 aromatic heterocycles. The van der Waals surface area contributed by atoms with Gasteiger partial charge in [-0.15, -0.1) is 0 Å². The van der Waals surface area contributed by atoms with E-state index in [2.05, 4.69) is 5.32 Å². The van der Waals surface area contributed by atoms with Crippen LogP contribution >= 0.6 is 0 Å². The van der Waals surface area contributed by atoms with E-state index in [0.717, 1.165) is 0 Å². The van der Waals surface area contributed by atoms with Crippen molar-refractivity contribution in [2.45, 2.75) is 6.04 Å². The fourth-order valence-electron chi connectivity index (χ4n) is 0.490. The molecular weight excluding hydrogens is 146 g/mol. The Bertz CT molecular complexity index is 194. The molecule has 60 valence electrons. The Balaban J connectivity index is 4.16. The first-order valence-electron chi connectivity index (χ1n) is 2.94. The Kier molecular flexibility index (Phi) is 3.67. The van der Waals surface area contributed by atoms with Gasteiger partial charge in [0.2, 0.25) is 6.41 Å². The summed E-state index contributed by atoms with van der Waals surface area (Å²) in [4.78, 5) is 22.1. The summed E-state index contributed by atoms with van der Waals surface area (Å²) < 4.78 is 0. The molecule has 2 amide bonds.